The van der Waals surface area contributed by atoms with Crippen molar-refractivity contribution in [2.75, 3.05) is 13.1 Å². The molecule has 1 aliphatic heterocycles. The third kappa shape index (κ3) is 2.26. The summed E-state index contributed by atoms with van der Waals surface area (Å²) in [4.78, 5) is 22.6. The Kier molecular flexibility index (Phi) is 3.08. The van der Waals surface area contributed by atoms with E-state index in [2.05, 4.69) is 26.9 Å². The zero-order valence-electron chi connectivity index (χ0n) is 10.9. The maximum Gasteiger partial charge on any atom is 0.274 e. The molecule has 1 fully saturated rings. The third-order valence-corrected chi connectivity index (χ3v) is 3.81. The Morgan fingerprint density at radius 1 is 1.58 bits per heavy atom. The van der Waals surface area contributed by atoms with Crippen molar-refractivity contribution in [3.8, 4) is 0 Å². The molecule has 0 bridgehead atoms. The topological polar surface area (TPSA) is 92.3 Å². The SMILES string of the molecule is CC1CC(CN)CN1Cc1cc(=O)n2[nH]cnc2n1. The Balaban J connectivity index is 1.83. The standard InChI is InChI=1S/C12H18N6O/c1-8-2-9(4-13)5-17(8)6-10-3-11(19)18-12(16-10)14-7-15-18/h3,7-9H,2,4-6,13H2,1H3,(H,14,15,16). The van der Waals surface area contributed by atoms with E-state index < -0.39 is 0 Å². The van der Waals surface area contributed by atoms with Crippen LogP contribution in [0.5, 0.6) is 0 Å². The van der Waals surface area contributed by atoms with Gasteiger partial charge in [0.2, 0.25) is 0 Å². The van der Waals surface area contributed by atoms with Crippen LogP contribution in [0, 0.1) is 5.92 Å². The zero-order chi connectivity index (χ0) is 13.4. The summed E-state index contributed by atoms with van der Waals surface area (Å²) >= 11 is 0. The van der Waals surface area contributed by atoms with Crippen molar-refractivity contribution in [2.24, 2.45) is 11.7 Å². The van der Waals surface area contributed by atoms with E-state index in [0.29, 0.717) is 24.3 Å². The summed E-state index contributed by atoms with van der Waals surface area (Å²) in [7, 11) is 0. The fourth-order valence-corrected chi connectivity index (χ4v) is 2.77. The molecule has 3 rings (SSSR count). The van der Waals surface area contributed by atoms with Crippen molar-refractivity contribution in [2.45, 2.75) is 25.9 Å². The van der Waals surface area contributed by atoms with Gasteiger partial charge < -0.3 is 5.73 Å². The van der Waals surface area contributed by atoms with Gasteiger partial charge in [0.05, 0.1) is 5.69 Å². The molecule has 2 aromatic rings. The molecular formula is C12H18N6O. The molecule has 2 unspecified atom stereocenters. The maximum absolute atomic E-state index is 11.8. The lowest BCUT2D eigenvalue weighted by Gasteiger charge is -2.20. The monoisotopic (exact) mass is 262 g/mol. The Labute approximate surface area is 110 Å². The van der Waals surface area contributed by atoms with Gasteiger partial charge in [0.25, 0.3) is 11.3 Å². The number of H-pyrrole nitrogens is 1. The molecule has 3 heterocycles. The van der Waals surface area contributed by atoms with E-state index in [9.17, 15) is 4.79 Å². The number of likely N-dealkylation sites (tertiary alicyclic amines) is 1. The first kappa shape index (κ1) is 12.3. The summed E-state index contributed by atoms with van der Waals surface area (Å²) in [5.74, 6) is 0.968. The van der Waals surface area contributed by atoms with Gasteiger partial charge in [-0.05, 0) is 25.8 Å². The van der Waals surface area contributed by atoms with Crippen LogP contribution in [0.4, 0.5) is 0 Å². The summed E-state index contributed by atoms with van der Waals surface area (Å²) in [6.45, 7) is 4.56. The molecule has 102 valence electrons. The lowest BCUT2D eigenvalue weighted by atomic mass is 10.1. The second-order valence-electron chi connectivity index (χ2n) is 5.22. The van der Waals surface area contributed by atoms with E-state index in [1.165, 1.54) is 10.8 Å². The molecule has 2 atom stereocenters. The molecule has 0 amide bonds. The van der Waals surface area contributed by atoms with Gasteiger partial charge in [-0.1, -0.05) is 0 Å². The average Bonchev–Trinajstić information content (AvgIpc) is 2.97. The van der Waals surface area contributed by atoms with Gasteiger partial charge in [-0.2, -0.15) is 4.52 Å². The van der Waals surface area contributed by atoms with Crippen LogP contribution in [-0.4, -0.2) is 43.6 Å². The van der Waals surface area contributed by atoms with Crippen molar-refractivity contribution in [3.05, 3.63) is 28.4 Å². The normalized spacial score (nSPS) is 24.3. The minimum Gasteiger partial charge on any atom is -0.330 e. The minimum absolute atomic E-state index is 0.125. The first-order valence-corrected chi connectivity index (χ1v) is 6.53. The number of nitrogens with zero attached hydrogens (tertiary/aromatic N) is 4. The molecule has 1 saturated heterocycles. The number of nitrogens with one attached hydrogen (secondary N) is 1. The molecule has 7 nitrogen and oxygen atoms in total. The molecular weight excluding hydrogens is 244 g/mol. The molecule has 19 heavy (non-hydrogen) atoms. The van der Waals surface area contributed by atoms with Gasteiger partial charge in [0, 0.05) is 25.2 Å². The minimum atomic E-state index is -0.125. The van der Waals surface area contributed by atoms with Crippen LogP contribution in [-0.2, 0) is 6.54 Å². The molecule has 1 aliphatic rings. The van der Waals surface area contributed by atoms with Crippen molar-refractivity contribution < 1.29 is 0 Å². The summed E-state index contributed by atoms with van der Waals surface area (Å²) < 4.78 is 1.33. The highest BCUT2D eigenvalue weighted by atomic mass is 16.1. The lowest BCUT2D eigenvalue weighted by molar-refractivity contribution is 0.253. The van der Waals surface area contributed by atoms with Gasteiger partial charge in [0.15, 0.2) is 0 Å². The Hall–Kier alpha value is -1.73. The smallest absolute Gasteiger partial charge is 0.274 e. The Morgan fingerprint density at radius 2 is 2.42 bits per heavy atom. The second-order valence-corrected chi connectivity index (χ2v) is 5.22. The zero-order valence-corrected chi connectivity index (χ0v) is 10.9. The van der Waals surface area contributed by atoms with Gasteiger partial charge in [0.1, 0.15) is 6.33 Å². The van der Waals surface area contributed by atoms with E-state index in [1.807, 2.05) is 0 Å². The Bertz CT molecular complexity index is 632. The van der Waals surface area contributed by atoms with E-state index >= 15 is 0 Å². The van der Waals surface area contributed by atoms with Crippen LogP contribution >= 0.6 is 0 Å². The van der Waals surface area contributed by atoms with Crippen LogP contribution in [0.15, 0.2) is 17.2 Å². The predicted molar refractivity (Wildman–Crippen MR) is 70.6 cm³/mol. The van der Waals surface area contributed by atoms with Crippen molar-refractivity contribution >= 4 is 5.78 Å². The predicted octanol–water partition coefficient (Wildman–Crippen LogP) is -0.413. The molecule has 0 aromatic carbocycles. The molecule has 3 N–H and O–H groups in total. The molecule has 2 aromatic heterocycles. The highest BCUT2D eigenvalue weighted by molar-refractivity contribution is 5.26. The molecule has 0 aliphatic carbocycles. The highest BCUT2D eigenvalue weighted by Gasteiger charge is 2.28. The molecule has 0 saturated carbocycles. The van der Waals surface area contributed by atoms with Crippen molar-refractivity contribution in [3.63, 3.8) is 0 Å². The number of fused-ring (bicyclic) bond motifs is 1. The summed E-state index contributed by atoms with van der Waals surface area (Å²) in [5, 5.41) is 2.73. The largest absolute Gasteiger partial charge is 0.330 e. The van der Waals surface area contributed by atoms with Gasteiger partial charge in [-0.15, -0.1) is 0 Å². The Morgan fingerprint density at radius 3 is 3.16 bits per heavy atom. The first-order chi connectivity index (χ1) is 9.17. The first-order valence-electron chi connectivity index (χ1n) is 6.53. The molecule has 7 heteroatoms. The van der Waals surface area contributed by atoms with Crippen molar-refractivity contribution in [1.82, 2.24) is 24.5 Å². The number of hydrogen-bond donors (Lipinski definition) is 2. The van der Waals surface area contributed by atoms with E-state index in [4.69, 9.17) is 5.73 Å². The number of nitrogens with two attached hydrogens (primary N) is 1. The fraction of sp³-hybridized carbons (Fsp3) is 0.583. The summed E-state index contributed by atoms with van der Waals surface area (Å²) in [6, 6.07) is 2.04. The lowest BCUT2D eigenvalue weighted by Crippen LogP contribution is -2.29. The summed E-state index contributed by atoms with van der Waals surface area (Å²) in [5.41, 5.74) is 6.37. The quantitative estimate of drug-likeness (QED) is 0.784. The molecule has 0 radical (unpaired) electrons. The van der Waals surface area contributed by atoms with Crippen LogP contribution in [0.25, 0.3) is 5.78 Å². The van der Waals surface area contributed by atoms with Crippen molar-refractivity contribution in [1.29, 1.82) is 0 Å². The maximum atomic E-state index is 11.8. The number of aromatic nitrogens is 4. The molecule has 0 spiro atoms. The fourth-order valence-electron chi connectivity index (χ4n) is 2.77. The number of rotatable bonds is 3. The summed E-state index contributed by atoms with van der Waals surface area (Å²) in [6.07, 6.45) is 2.58. The van der Waals surface area contributed by atoms with E-state index in [1.54, 1.807) is 6.07 Å². The second kappa shape index (κ2) is 4.75. The van der Waals surface area contributed by atoms with Gasteiger partial charge >= 0.3 is 0 Å². The van der Waals surface area contributed by atoms with Crippen LogP contribution in [0.2, 0.25) is 0 Å². The van der Waals surface area contributed by atoms with Gasteiger partial charge in [-0.25, -0.2) is 9.97 Å². The van der Waals surface area contributed by atoms with E-state index in [0.717, 1.165) is 25.2 Å². The van der Waals surface area contributed by atoms with Gasteiger partial charge in [-0.3, -0.25) is 14.8 Å². The third-order valence-electron chi connectivity index (χ3n) is 3.81. The van der Waals surface area contributed by atoms with Crippen LogP contribution in [0.1, 0.15) is 19.0 Å². The van der Waals surface area contributed by atoms with E-state index in [-0.39, 0.29) is 5.56 Å². The van der Waals surface area contributed by atoms with Crippen LogP contribution < -0.4 is 11.3 Å². The van der Waals surface area contributed by atoms with Crippen LogP contribution in [0.3, 0.4) is 0 Å². The number of hydrogen-bond acceptors (Lipinski definition) is 5. The highest BCUT2D eigenvalue weighted by Crippen LogP contribution is 2.23. The average molecular weight is 262 g/mol. The number of aromatic amines is 1.